The van der Waals surface area contributed by atoms with Crippen LogP contribution in [0.25, 0.3) is 0 Å². The Morgan fingerprint density at radius 3 is 2.79 bits per heavy atom. The number of carbonyl (C=O) groups excluding carboxylic acids is 1. The van der Waals surface area contributed by atoms with Crippen molar-refractivity contribution in [2.75, 3.05) is 6.54 Å². The molecular formula is C8H14FNO4. The number of aliphatic hydroxyl groups excluding tert-OH is 1. The van der Waals surface area contributed by atoms with Gasteiger partial charge in [0.25, 0.3) is 0 Å². The van der Waals surface area contributed by atoms with Gasteiger partial charge in [-0.05, 0) is 19.8 Å². The van der Waals surface area contributed by atoms with E-state index in [9.17, 15) is 9.18 Å². The lowest BCUT2D eigenvalue weighted by Crippen LogP contribution is -2.50. The summed E-state index contributed by atoms with van der Waals surface area (Å²) in [5.74, 6) is -3.56. The van der Waals surface area contributed by atoms with Gasteiger partial charge in [0.1, 0.15) is 6.10 Å². The Hall–Kier alpha value is -0.720. The fourth-order valence-electron chi connectivity index (χ4n) is 1.24. The number of nitrogens with zero attached hydrogens (tertiary/aromatic N) is 1. The van der Waals surface area contributed by atoms with Crippen molar-refractivity contribution in [2.45, 2.75) is 38.3 Å². The molecular weight excluding hydrogens is 193 g/mol. The first-order valence-electron chi connectivity index (χ1n) is 4.52. The lowest BCUT2D eigenvalue weighted by atomic mass is 10.1. The summed E-state index contributed by atoms with van der Waals surface area (Å²) >= 11 is 0. The van der Waals surface area contributed by atoms with Crippen molar-refractivity contribution in [3.05, 3.63) is 0 Å². The van der Waals surface area contributed by atoms with Gasteiger partial charge in [-0.1, -0.05) is 0 Å². The number of carbonyl (C=O) groups is 1. The van der Waals surface area contributed by atoms with Gasteiger partial charge in [0, 0.05) is 13.0 Å². The number of halogens is 1. The number of hydroxylamine groups is 2. The molecule has 1 saturated heterocycles. The number of hydrogen-bond donors (Lipinski definition) is 2. The summed E-state index contributed by atoms with van der Waals surface area (Å²) in [6, 6.07) is 0. The van der Waals surface area contributed by atoms with Crippen LogP contribution in [0.3, 0.4) is 0 Å². The van der Waals surface area contributed by atoms with Crippen LogP contribution in [0.5, 0.6) is 0 Å². The summed E-state index contributed by atoms with van der Waals surface area (Å²) in [4.78, 5) is 10.9. The lowest BCUT2D eigenvalue weighted by molar-refractivity contribution is -0.343. The number of ether oxygens (including phenoxy) is 1. The SMILES string of the molecule is CC(O)C(=O)OC1(F)CCCCN1O. The van der Waals surface area contributed by atoms with Gasteiger partial charge in [0.05, 0.1) is 0 Å². The summed E-state index contributed by atoms with van der Waals surface area (Å²) < 4.78 is 18.1. The van der Waals surface area contributed by atoms with E-state index in [1.807, 2.05) is 0 Å². The molecule has 0 amide bonds. The molecule has 14 heavy (non-hydrogen) atoms. The molecule has 1 aliphatic rings. The maximum atomic E-state index is 13.7. The Morgan fingerprint density at radius 2 is 2.29 bits per heavy atom. The van der Waals surface area contributed by atoms with Crippen molar-refractivity contribution in [3.63, 3.8) is 0 Å². The van der Waals surface area contributed by atoms with E-state index in [0.29, 0.717) is 17.9 Å². The number of esters is 1. The van der Waals surface area contributed by atoms with E-state index < -0.39 is 18.1 Å². The molecule has 5 nitrogen and oxygen atoms in total. The van der Waals surface area contributed by atoms with Crippen LogP contribution in [-0.2, 0) is 9.53 Å². The standard InChI is InChI=1S/C8H14FNO4/c1-6(11)7(12)14-8(9)4-2-3-5-10(8)13/h6,11,13H,2-5H2,1H3. The van der Waals surface area contributed by atoms with Crippen LogP contribution >= 0.6 is 0 Å². The molecule has 0 aromatic carbocycles. The van der Waals surface area contributed by atoms with Gasteiger partial charge in [-0.15, -0.1) is 5.06 Å². The Bertz CT molecular complexity index is 223. The van der Waals surface area contributed by atoms with E-state index in [0.717, 1.165) is 0 Å². The molecule has 82 valence electrons. The average Bonchev–Trinajstić information content (AvgIpc) is 2.10. The summed E-state index contributed by atoms with van der Waals surface area (Å²) in [6.45, 7) is 1.29. The van der Waals surface area contributed by atoms with Gasteiger partial charge in [-0.2, -0.15) is 4.39 Å². The fourth-order valence-corrected chi connectivity index (χ4v) is 1.24. The minimum absolute atomic E-state index is 0.0814. The van der Waals surface area contributed by atoms with Crippen LogP contribution in [0.2, 0.25) is 0 Å². The minimum atomic E-state index is -2.48. The largest absolute Gasteiger partial charge is 0.411 e. The van der Waals surface area contributed by atoms with E-state index in [-0.39, 0.29) is 13.0 Å². The molecule has 2 N–H and O–H groups in total. The number of aliphatic hydroxyl groups is 1. The molecule has 1 aliphatic heterocycles. The summed E-state index contributed by atoms with van der Waals surface area (Å²) in [7, 11) is 0. The highest BCUT2D eigenvalue weighted by molar-refractivity contribution is 5.74. The Balaban J connectivity index is 2.59. The van der Waals surface area contributed by atoms with Gasteiger partial charge < -0.3 is 15.1 Å². The highest BCUT2D eigenvalue weighted by atomic mass is 19.2. The van der Waals surface area contributed by atoms with Gasteiger partial charge >= 0.3 is 11.9 Å². The van der Waals surface area contributed by atoms with Crippen LogP contribution in [-0.4, -0.2) is 40.0 Å². The maximum Gasteiger partial charge on any atom is 0.338 e. The van der Waals surface area contributed by atoms with Crippen LogP contribution in [0, 0.1) is 0 Å². The van der Waals surface area contributed by atoms with Gasteiger partial charge in [0.15, 0.2) is 0 Å². The normalized spacial score (nSPS) is 31.1. The average molecular weight is 207 g/mol. The van der Waals surface area contributed by atoms with E-state index in [4.69, 9.17) is 10.3 Å². The molecule has 0 bridgehead atoms. The Kier molecular flexibility index (Phi) is 3.41. The second kappa shape index (κ2) is 4.20. The third-order valence-electron chi connectivity index (χ3n) is 2.09. The van der Waals surface area contributed by atoms with E-state index in [1.54, 1.807) is 0 Å². The first-order valence-corrected chi connectivity index (χ1v) is 4.52. The zero-order valence-electron chi connectivity index (χ0n) is 7.94. The lowest BCUT2D eigenvalue weighted by Gasteiger charge is -2.35. The van der Waals surface area contributed by atoms with Crippen molar-refractivity contribution >= 4 is 5.97 Å². The predicted octanol–water partition coefficient (Wildman–Crippen LogP) is 0.409. The van der Waals surface area contributed by atoms with Crippen LogP contribution in [0.4, 0.5) is 4.39 Å². The number of piperidine rings is 1. The molecule has 6 heteroatoms. The monoisotopic (exact) mass is 207 g/mol. The quantitative estimate of drug-likeness (QED) is 0.507. The zero-order valence-corrected chi connectivity index (χ0v) is 7.94. The fraction of sp³-hybridized carbons (Fsp3) is 0.875. The minimum Gasteiger partial charge on any atom is -0.411 e. The molecule has 2 atom stereocenters. The number of rotatable bonds is 2. The van der Waals surface area contributed by atoms with E-state index in [1.165, 1.54) is 6.92 Å². The van der Waals surface area contributed by atoms with Gasteiger partial charge in [-0.25, -0.2) is 4.79 Å². The van der Waals surface area contributed by atoms with Crippen molar-refractivity contribution in [2.24, 2.45) is 0 Å². The molecule has 1 rings (SSSR count). The molecule has 1 heterocycles. The highest BCUT2D eigenvalue weighted by Gasteiger charge is 2.43. The predicted molar refractivity (Wildman–Crippen MR) is 44.0 cm³/mol. The first-order chi connectivity index (χ1) is 6.46. The molecule has 1 fully saturated rings. The smallest absolute Gasteiger partial charge is 0.338 e. The third kappa shape index (κ3) is 2.40. The molecule has 0 spiro atoms. The van der Waals surface area contributed by atoms with Crippen LogP contribution in [0.15, 0.2) is 0 Å². The molecule has 0 aromatic heterocycles. The summed E-state index contributed by atoms with van der Waals surface area (Å²) in [5.41, 5.74) is 0. The van der Waals surface area contributed by atoms with Crippen molar-refractivity contribution in [1.29, 1.82) is 0 Å². The van der Waals surface area contributed by atoms with E-state index in [2.05, 4.69) is 4.74 Å². The Labute approximate surface area is 81.0 Å². The molecule has 0 aromatic rings. The molecule has 2 unspecified atom stereocenters. The maximum absolute atomic E-state index is 13.7. The van der Waals surface area contributed by atoms with E-state index >= 15 is 0 Å². The first kappa shape index (κ1) is 11.4. The van der Waals surface area contributed by atoms with Crippen molar-refractivity contribution in [1.82, 2.24) is 5.06 Å². The summed E-state index contributed by atoms with van der Waals surface area (Å²) in [5, 5.41) is 18.3. The van der Waals surface area contributed by atoms with Gasteiger partial charge in [-0.3, -0.25) is 0 Å². The zero-order chi connectivity index (χ0) is 10.8. The van der Waals surface area contributed by atoms with Crippen molar-refractivity contribution in [3.8, 4) is 0 Å². The molecule has 0 saturated carbocycles. The molecule has 0 radical (unpaired) electrons. The highest BCUT2D eigenvalue weighted by Crippen LogP contribution is 2.29. The number of hydrogen-bond acceptors (Lipinski definition) is 5. The second-order valence-electron chi connectivity index (χ2n) is 3.37. The second-order valence-corrected chi connectivity index (χ2v) is 3.37. The summed E-state index contributed by atoms with van der Waals surface area (Å²) in [6.07, 6.45) is -0.297. The third-order valence-corrected chi connectivity index (χ3v) is 2.09. The van der Waals surface area contributed by atoms with Crippen molar-refractivity contribution < 1.29 is 24.2 Å². The van der Waals surface area contributed by atoms with Crippen LogP contribution < -0.4 is 0 Å². The van der Waals surface area contributed by atoms with Crippen LogP contribution in [0.1, 0.15) is 26.2 Å². The number of alkyl halides is 1. The Morgan fingerprint density at radius 1 is 1.64 bits per heavy atom. The molecule has 0 aliphatic carbocycles. The van der Waals surface area contributed by atoms with Gasteiger partial charge in [0.2, 0.25) is 0 Å². The topological polar surface area (TPSA) is 70.0 Å².